The lowest BCUT2D eigenvalue weighted by Gasteiger charge is -2.38. The van der Waals surface area contributed by atoms with Crippen LogP contribution in [0, 0.1) is 0 Å². The molecule has 0 radical (unpaired) electrons. The monoisotopic (exact) mass is 318 g/mol. The van der Waals surface area contributed by atoms with Crippen LogP contribution >= 0.6 is 0 Å². The first-order valence-electron chi connectivity index (χ1n) is 8.58. The number of rotatable bonds is 3. The van der Waals surface area contributed by atoms with Crippen molar-refractivity contribution in [3.8, 4) is 5.75 Å². The van der Waals surface area contributed by atoms with Crippen molar-refractivity contribution in [1.82, 2.24) is 0 Å². The van der Waals surface area contributed by atoms with E-state index in [9.17, 15) is 4.79 Å². The van der Waals surface area contributed by atoms with Crippen molar-refractivity contribution in [2.45, 2.75) is 64.2 Å². The molecule has 1 saturated carbocycles. The molecule has 1 fully saturated rings. The summed E-state index contributed by atoms with van der Waals surface area (Å²) in [7, 11) is 0. The number of benzene rings is 1. The van der Waals surface area contributed by atoms with Crippen LogP contribution in [0.15, 0.2) is 18.2 Å². The first-order valence-corrected chi connectivity index (χ1v) is 8.58. The van der Waals surface area contributed by atoms with E-state index < -0.39 is 0 Å². The number of hydrogen-bond acceptors (Lipinski definition) is 5. The molecular formula is C18H26N2O3. The van der Waals surface area contributed by atoms with Crippen molar-refractivity contribution < 1.29 is 14.3 Å². The van der Waals surface area contributed by atoms with Crippen LogP contribution < -0.4 is 15.4 Å². The van der Waals surface area contributed by atoms with Crippen LogP contribution in [-0.2, 0) is 9.53 Å². The number of esters is 1. The molecule has 1 aromatic rings. The zero-order valence-electron chi connectivity index (χ0n) is 14.0. The average Bonchev–Trinajstić information content (AvgIpc) is 2.53. The van der Waals surface area contributed by atoms with Gasteiger partial charge in [0.25, 0.3) is 0 Å². The summed E-state index contributed by atoms with van der Waals surface area (Å²) >= 11 is 0. The Morgan fingerprint density at radius 2 is 2.09 bits per heavy atom. The highest BCUT2D eigenvalue weighted by molar-refractivity contribution is 5.81. The van der Waals surface area contributed by atoms with E-state index in [-0.39, 0.29) is 24.2 Å². The molecule has 0 saturated heterocycles. The topological polar surface area (TPSA) is 64.8 Å². The summed E-state index contributed by atoms with van der Waals surface area (Å²) < 4.78 is 11.6. The fourth-order valence-corrected chi connectivity index (χ4v) is 3.43. The second-order valence-corrected chi connectivity index (χ2v) is 6.68. The van der Waals surface area contributed by atoms with Gasteiger partial charge in [-0.05, 0) is 51.7 Å². The van der Waals surface area contributed by atoms with Crippen molar-refractivity contribution in [1.29, 1.82) is 0 Å². The average molecular weight is 318 g/mol. The molecule has 1 heterocycles. The summed E-state index contributed by atoms with van der Waals surface area (Å²) in [6, 6.07) is 5.24. The van der Waals surface area contributed by atoms with Crippen LogP contribution in [-0.4, -0.2) is 30.8 Å². The number of carbonyl (C=O) groups excluding carboxylic acids is 1. The fourth-order valence-electron chi connectivity index (χ4n) is 3.43. The molecule has 2 atom stereocenters. The molecule has 126 valence electrons. The third-order valence-electron chi connectivity index (χ3n) is 4.72. The van der Waals surface area contributed by atoms with Crippen LogP contribution in [0.1, 0.15) is 46.0 Å². The second-order valence-electron chi connectivity index (χ2n) is 6.68. The van der Waals surface area contributed by atoms with Crippen molar-refractivity contribution >= 4 is 17.3 Å². The van der Waals surface area contributed by atoms with E-state index >= 15 is 0 Å². The Kier molecular flexibility index (Phi) is 4.64. The first-order chi connectivity index (χ1) is 11.0. The number of fused-ring (bicyclic) bond motifs is 1. The molecule has 5 nitrogen and oxygen atoms in total. The summed E-state index contributed by atoms with van der Waals surface area (Å²) in [4.78, 5) is 14.6. The van der Waals surface area contributed by atoms with E-state index in [1.807, 2.05) is 32.0 Å². The van der Waals surface area contributed by atoms with Crippen molar-refractivity contribution in [3.05, 3.63) is 18.2 Å². The molecule has 0 spiro atoms. The highest BCUT2D eigenvalue weighted by atomic mass is 16.5. The van der Waals surface area contributed by atoms with Crippen LogP contribution in [0.25, 0.3) is 0 Å². The van der Waals surface area contributed by atoms with E-state index in [4.69, 9.17) is 15.2 Å². The van der Waals surface area contributed by atoms with Crippen LogP contribution in [0.2, 0.25) is 0 Å². The van der Waals surface area contributed by atoms with Crippen molar-refractivity contribution in [2.24, 2.45) is 0 Å². The standard InChI is InChI=1S/C18H26N2O3/c1-12-11-20(16-9-8-14(19)10-17(16)22-12)13(2)18(21)23-15-6-4-3-5-7-15/h8-10,12-13,15H,3-7,11,19H2,1-2H3. The maximum atomic E-state index is 12.6. The van der Waals surface area contributed by atoms with Gasteiger partial charge in [0, 0.05) is 11.8 Å². The molecule has 2 aliphatic rings. The molecule has 0 amide bonds. The second kappa shape index (κ2) is 6.69. The predicted octanol–water partition coefficient (Wildman–Crippen LogP) is 3.12. The number of anilines is 2. The minimum Gasteiger partial charge on any atom is -0.487 e. The zero-order valence-corrected chi connectivity index (χ0v) is 14.0. The van der Waals surface area contributed by atoms with Gasteiger partial charge in [-0.3, -0.25) is 0 Å². The van der Waals surface area contributed by atoms with E-state index in [0.717, 1.165) is 37.1 Å². The first kappa shape index (κ1) is 16.0. The normalized spacial score (nSPS) is 22.9. The SMILES string of the molecule is CC1CN(C(C)C(=O)OC2CCCCC2)c2ccc(N)cc2O1. The third kappa shape index (κ3) is 3.54. The number of nitrogen functional groups attached to an aromatic ring is 1. The Balaban J connectivity index is 1.73. The Bertz CT molecular complexity index is 569. The Morgan fingerprint density at radius 1 is 1.35 bits per heavy atom. The molecule has 3 rings (SSSR count). The fraction of sp³-hybridized carbons (Fsp3) is 0.611. The van der Waals surface area contributed by atoms with Crippen molar-refractivity contribution in [2.75, 3.05) is 17.2 Å². The van der Waals surface area contributed by atoms with Gasteiger partial charge in [0.15, 0.2) is 0 Å². The smallest absolute Gasteiger partial charge is 0.328 e. The number of nitrogens with two attached hydrogens (primary N) is 1. The molecule has 1 aliphatic carbocycles. The van der Waals surface area contributed by atoms with Gasteiger partial charge in [0.05, 0.1) is 12.2 Å². The number of nitrogens with zero attached hydrogens (tertiary/aromatic N) is 1. The lowest BCUT2D eigenvalue weighted by Crippen LogP contribution is -2.48. The van der Waals surface area contributed by atoms with E-state index in [2.05, 4.69) is 4.90 Å². The molecule has 1 aromatic carbocycles. The van der Waals surface area contributed by atoms with Gasteiger partial charge in [-0.2, -0.15) is 0 Å². The van der Waals surface area contributed by atoms with Crippen LogP contribution in [0.5, 0.6) is 5.75 Å². The van der Waals surface area contributed by atoms with Gasteiger partial charge in [0.1, 0.15) is 24.0 Å². The molecule has 2 unspecified atom stereocenters. The Labute approximate surface area is 137 Å². The van der Waals surface area contributed by atoms with Crippen LogP contribution in [0.3, 0.4) is 0 Å². The Morgan fingerprint density at radius 3 is 2.83 bits per heavy atom. The predicted molar refractivity (Wildman–Crippen MR) is 90.7 cm³/mol. The van der Waals surface area contributed by atoms with Gasteiger partial charge in [-0.25, -0.2) is 4.79 Å². The molecule has 1 aliphatic heterocycles. The summed E-state index contributed by atoms with van der Waals surface area (Å²) in [5, 5.41) is 0. The van der Waals surface area contributed by atoms with E-state index in [1.54, 1.807) is 0 Å². The Hall–Kier alpha value is -1.91. The summed E-state index contributed by atoms with van der Waals surface area (Å²) in [6.45, 7) is 4.57. The highest BCUT2D eigenvalue weighted by Gasteiger charge is 2.32. The van der Waals surface area contributed by atoms with Gasteiger partial charge in [-0.1, -0.05) is 6.42 Å². The number of ether oxygens (including phenoxy) is 2. The molecule has 5 heteroatoms. The number of hydrogen-bond donors (Lipinski definition) is 1. The van der Waals surface area contributed by atoms with E-state index in [1.165, 1.54) is 6.42 Å². The van der Waals surface area contributed by atoms with Crippen molar-refractivity contribution in [3.63, 3.8) is 0 Å². The lowest BCUT2D eigenvalue weighted by molar-refractivity contribution is -0.151. The quantitative estimate of drug-likeness (QED) is 0.685. The molecule has 23 heavy (non-hydrogen) atoms. The minimum atomic E-state index is -0.328. The molecule has 2 N–H and O–H groups in total. The summed E-state index contributed by atoms with van der Waals surface area (Å²) in [5.41, 5.74) is 7.41. The van der Waals surface area contributed by atoms with E-state index in [0.29, 0.717) is 12.2 Å². The maximum absolute atomic E-state index is 12.6. The largest absolute Gasteiger partial charge is 0.487 e. The van der Waals surface area contributed by atoms with Crippen LogP contribution in [0.4, 0.5) is 11.4 Å². The molecular weight excluding hydrogens is 292 g/mol. The third-order valence-corrected chi connectivity index (χ3v) is 4.72. The highest BCUT2D eigenvalue weighted by Crippen LogP contribution is 2.36. The maximum Gasteiger partial charge on any atom is 0.328 e. The minimum absolute atomic E-state index is 0.00855. The molecule has 0 bridgehead atoms. The zero-order chi connectivity index (χ0) is 16.4. The number of carbonyl (C=O) groups is 1. The van der Waals surface area contributed by atoms with Gasteiger partial charge < -0.3 is 20.1 Å². The lowest BCUT2D eigenvalue weighted by atomic mass is 9.98. The van der Waals surface area contributed by atoms with Gasteiger partial charge in [-0.15, -0.1) is 0 Å². The summed E-state index contributed by atoms with van der Waals surface area (Å²) in [6.07, 6.45) is 5.64. The van der Waals surface area contributed by atoms with Gasteiger partial charge in [0.2, 0.25) is 0 Å². The van der Waals surface area contributed by atoms with Gasteiger partial charge >= 0.3 is 5.97 Å². The summed E-state index contributed by atoms with van der Waals surface area (Å²) in [5.74, 6) is 0.592. The molecule has 0 aromatic heterocycles.